The Morgan fingerprint density at radius 3 is 2.29 bits per heavy atom. The number of sulfonamides is 1. The summed E-state index contributed by atoms with van der Waals surface area (Å²) in [4.78, 5) is 12.7. The zero-order valence-electron chi connectivity index (χ0n) is 14.9. The van der Waals surface area contributed by atoms with Crippen molar-refractivity contribution in [2.45, 2.75) is 4.90 Å². The number of piperazine rings is 1. The molecule has 11 heteroatoms. The molecule has 0 radical (unpaired) electrons. The zero-order chi connectivity index (χ0) is 20.5. The minimum Gasteiger partial charge on any atom is -0.383 e. The van der Waals surface area contributed by atoms with E-state index < -0.39 is 14.9 Å². The van der Waals surface area contributed by atoms with Crippen LogP contribution >= 0.6 is 23.2 Å². The SMILES string of the molecule is CNc1cc(N2CCN(S(=O)(=O)c3ccc(Cl)c(Cl)c3)CC2)ccc1[N+](=O)[O-]. The van der Waals surface area contributed by atoms with Gasteiger partial charge in [-0.1, -0.05) is 23.2 Å². The molecule has 3 rings (SSSR count). The van der Waals surface area contributed by atoms with Crippen LogP contribution in [-0.2, 0) is 10.0 Å². The molecule has 1 saturated heterocycles. The topological polar surface area (TPSA) is 95.8 Å². The third-order valence-electron chi connectivity index (χ3n) is 4.58. The van der Waals surface area contributed by atoms with Crippen molar-refractivity contribution in [1.82, 2.24) is 4.31 Å². The van der Waals surface area contributed by atoms with Gasteiger partial charge >= 0.3 is 0 Å². The van der Waals surface area contributed by atoms with Crippen LogP contribution in [0.15, 0.2) is 41.3 Å². The minimum absolute atomic E-state index is 0.00733. The summed E-state index contributed by atoms with van der Waals surface area (Å²) in [6.45, 7) is 1.49. The summed E-state index contributed by atoms with van der Waals surface area (Å²) in [7, 11) is -2.06. The van der Waals surface area contributed by atoms with Crippen LogP contribution in [0.2, 0.25) is 10.0 Å². The number of anilines is 2. The molecule has 0 amide bonds. The maximum absolute atomic E-state index is 12.8. The van der Waals surface area contributed by atoms with Gasteiger partial charge in [-0.2, -0.15) is 4.31 Å². The van der Waals surface area contributed by atoms with Crippen LogP contribution < -0.4 is 10.2 Å². The molecular formula is C17H18Cl2N4O4S. The average molecular weight is 445 g/mol. The Balaban J connectivity index is 1.75. The van der Waals surface area contributed by atoms with E-state index in [9.17, 15) is 18.5 Å². The van der Waals surface area contributed by atoms with Gasteiger partial charge in [0.15, 0.2) is 0 Å². The summed E-state index contributed by atoms with van der Waals surface area (Å²) in [5.41, 5.74) is 1.20. The molecule has 1 N–H and O–H groups in total. The van der Waals surface area contributed by atoms with Gasteiger partial charge in [0, 0.05) is 45.0 Å². The van der Waals surface area contributed by atoms with Crippen molar-refractivity contribution < 1.29 is 13.3 Å². The van der Waals surface area contributed by atoms with Crippen LogP contribution in [0.3, 0.4) is 0 Å². The Bertz CT molecular complexity index is 1010. The van der Waals surface area contributed by atoms with Gasteiger partial charge in [-0.05, 0) is 30.3 Å². The number of hydrogen-bond donors (Lipinski definition) is 1. The first-order valence-electron chi connectivity index (χ1n) is 8.40. The van der Waals surface area contributed by atoms with E-state index in [0.29, 0.717) is 23.8 Å². The lowest BCUT2D eigenvalue weighted by Gasteiger charge is -2.35. The number of halogens is 2. The van der Waals surface area contributed by atoms with E-state index in [0.717, 1.165) is 5.69 Å². The van der Waals surface area contributed by atoms with Gasteiger partial charge in [0.2, 0.25) is 10.0 Å². The predicted octanol–water partition coefficient (Wildman–Crippen LogP) is 3.45. The number of nitrogens with zero attached hydrogens (tertiary/aromatic N) is 3. The van der Waals surface area contributed by atoms with Crippen LogP contribution in [0, 0.1) is 10.1 Å². The summed E-state index contributed by atoms with van der Waals surface area (Å²) < 4.78 is 27.1. The van der Waals surface area contributed by atoms with E-state index in [1.54, 1.807) is 19.2 Å². The Morgan fingerprint density at radius 1 is 1.04 bits per heavy atom. The number of nitrogens with one attached hydrogen (secondary N) is 1. The average Bonchev–Trinajstić information content (AvgIpc) is 2.69. The molecule has 0 bridgehead atoms. The molecule has 1 aliphatic heterocycles. The molecule has 0 saturated carbocycles. The third kappa shape index (κ3) is 4.02. The zero-order valence-corrected chi connectivity index (χ0v) is 17.3. The maximum atomic E-state index is 12.8. The monoisotopic (exact) mass is 444 g/mol. The fourth-order valence-electron chi connectivity index (χ4n) is 3.05. The Hall–Kier alpha value is -2.07. The van der Waals surface area contributed by atoms with Crippen molar-refractivity contribution in [2.24, 2.45) is 0 Å². The van der Waals surface area contributed by atoms with E-state index in [4.69, 9.17) is 23.2 Å². The second kappa shape index (κ2) is 8.12. The molecule has 150 valence electrons. The fourth-order valence-corrected chi connectivity index (χ4v) is 4.86. The van der Waals surface area contributed by atoms with Gasteiger partial charge in [0.1, 0.15) is 5.69 Å². The normalized spacial score (nSPS) is 15.5. The van der Waals surface area contributed by atoms with Crippen molar-refractivity contribution in [2.75, 3.05) is 43.4 Å². The molecule has 1 heterocycles. The molecule has 0 unspecified atom stereocenters. The molecular weight excluding hydrogens is 427 g/mol. The largest absolute Gasteiger partial charge is 0.383 e. The van der Waals surface area contributed by atoms with Crippen molar-refractivity contribution in [3.8, 4) is 0 Å². The first-order valence-corrected chi connectivity index (χ1v) is 10.6. The second-order valence-electron chi connectivity index (χ2n) is 6.18. The molecule has 2 aromatic rings. The van der Waals surface area contributed by atoms with E-state index in [2.05, 4.69) is 5.32 Å². The molecule has 0 spiro atoms. The Labute approximate surface area is 172 Å². The molecule has 2 aromatic carbocycles. The van der Waals surface area contributed by atoms with Crippen molar-refractivity contribution >= 4 is 50.3 Å². The molecule has 0 aliphatic carbocycles. The molecule has 8 nitrogen and oxygen atoms in total. The van der Waals surface area contributed by atoms with Crippen molar-refractivity contribution in [3.63, 3.8) is 0 Å². The Kier molecular flexibility index (Phi) is 5.99. The quantitative estimate of drug-likeness (QED) is 0.560. The summed E-state index contributed by atoms with van der Waals surface area (Å²) in [5, 5.41) is 14.4. The van der Waals surface area contributed by atoms with Gasteiger partial charge in [-0.25, -0.2) is 8.42 Å². The lowest BCUT2D eigenvalue weighted by atomic mass is 10.2. The molecule has 0 aromatic heterocycles. The summed E-state index contributed by atoms with van der Waals surface area (Å²) in [5.74, 6) is 0. The van der Waals surface area contributed by atoms with Gasteiger partial charge in [-0.3, -0.25) is 10.1 Å². The summed E-state index contributed by atoms with van der Waals surface area (Å²) in [6, 6.07) is 9.05. The van der Waals surface area contributed by atoms with Crippen LogP contribution in [0.1, 0.15) is 0 Å². The maximum Gasteiger partial charge on any atom is 0.292 e. The minimum atomic E-state index is -3.68. The number of nitro groups is 1. The molecule has 1 fully saturated rings. The first-order chi connectivity index (χ1) is 13.2. The highest BCUT2D eigenvalue weighted by Gasteiger charge is 2.29. The van der Waals surface area contributed by atoms with Crippen molar-refractivity contribution in [3.05, 3.63) is 56.6 Å². The Morgan fingerprint density at radius 2 is 1.71 bits per heavy atom. The molecule has 0 atom stereocenters. The first kappa shape index (κ1) is 20.7. The fraction of sp³-hybridized carbons (Fsp3) is 0.294. The lowest BCUT2D eigenvalue weighted by molar-refractivity contribution is -0.383. The summed E-state index contributed by atoms with van der Waals surface area (Å²) in [6.07, 6.45) is 0. The van der Waals surface area contributed by atoms with Gasteiger partial charge in [-0.15, -0.1) is 0 Å². The van der Waals surface area contributed by atoms with Crippen LogP contribution in [-0.4, -0.2) is 50.9 Å². The van der Waals surface area contributed by atoms with Gasteiger partial charge in [0.25, 0.3) is 5.69 Å². The van der Waals surface area contributed by atoms with Gasteiger partial charge in [0.05, 0.1) is 19.9 Å². The molecule has 1 aliphatic rings. The third-order valence-corrected chi connectivity index (χ3v) is 7.21. The number of benzene rings is 2. The second-order valence-corrected chi connectivity index (χ2v) is 8.93. The van der Waals surface area contributed by atoms with Crippen LogP contribution in [0.4, 0.5) is 17.1 Å². The highest BCUT2D eigenvalue weighted by atomic mass is 35.5. The van der Waals surface area contributed by atoms with Gasteiger partial charge < -0.3 is 10.2 Å². The lowest BCUT2D eigenvalue weighted by Crippen LogP contribution is -2.48. The number of rotatable bonds is 5. The smallest absolute Gasteiger partial charge is 0.292 e. The van der Waals surface area contributed by atoms with E-state index >= 15 is 0 Å². The number of hydrogen-bond acceptors (Lipinski definition) is 6. The van der Waals surface area contributed by atoms with E-state index in [1.165, 1.54) is 28.6 Å². The summed E-state index contributed by atoms with van der Waals surface area (Å²) >= 11 is 11.8. The number of nitro benzene ring substituents is 1. The van der Waals surface area contributed by atoms with Crippen molar-refractivity contribution in [1.29, 1.82) is 0 Å². The predicted molar refractivity (Wildman–Crippen MR) is 110 cm³/mol. The van der Waals surface area contributed by atoms with E-state index in [-0.39, 0.29) is 28.7 Å². The molecule has 28 heavy (non-hydrogen) atoms. The van der Waals surface area contributed by atoms with Crippen LogP contribution in [0.25, 0.3) is 0 Å². The highest BCUT2D eigenvalue weighted by Crippen LogP contribution is 2.31. The van der Waals surface area contributed by atoms with E-state index in [1.807, 2.05) is 4.90 Å². The highest BCUT2D eigenvalue weighted by molar-refractivity contribution is 7.89. The van der Waals surface area contributed by atoms with Crippen LogP contribution in [0.5, 0.6) is 0 Å². The standard InChI is InChI=1S/C17H18Cl2N4O4S/c1-20-16-10-12(2-5-17(16)23(24)25)21-6-8-22(9-7-21)28(26,27)13-3-4-14(18)15(19)11-13/h2-5,10-11,20H,6-9H2,1H3.